The molecule has 3 aromatic carbocycles. The Kier molecular flexibility index (Phi) is 5.72. The van der Waals surface area contributed by atoms with Crippen LogP contribution in [-0.4, -0.2) is 29.7 Å². The molecule has 4 aromatic rings. The van der Waals surface area contributed by atoms with E-state index >= 15 is 0 Å². The van der Waals surface area contributed by atoms with Crippen LogP contribution >= 0.6 is 0 Å². The Morgan fingerprint density at radius 1 is 0.941 bits per heavy atom. The SMILES string of the molecule is COc1ccc(OC)c(NC(=O)N2Cc3ccccc3-n3cccc3[C@H]2c2ccc(C)cc2)c1. The summed E-state index contributed by atoms with van der Waals surface area (Å²) < 4.78 is 13.0. The number of hydrogen-bond acceptors (Lipinski definition) is 3. The van der Waals surface area contributed by atoms with Gasteiger partial charge in [0, 0.05) is 18.0 Å². The van der Waals surface area contributed by atoms with Crippen molar-refractivity contribution in [2.75, 3.05) is 19.5 Å². The highest BCUT2D eigenvalue weighted by Crippen LogP contribution is 2.38. The second-order valence-corrected chi connectivity index (χ2v) is 8.37. The predicted molar refractivity (Wildman–Crippen MR) is 133 cm³/mol. The third-order valence-electron chi connectivity index (χ3n) is 6.27. The summed E-state index contributed by atoms with van der Waals surface area (Å²) in [6, 6.07) is 25.5. The number of rotatable bonds is 4. The zero-order valence-electron chi connectivity index (χ0n) is 19.5. The van der Waals surface area contributed by atoms with Gasteiger partial charge in [-0.1, -0.05) is 48.0 Å². The second-order valence-electron chi connectivity index (χ2n) is 8.37. The van der Waals surface area contributed by atoms with E-state index in [1.807, 2.05) is 23.1 Å². The van der Waals surface area contributed by atoms with Crippen molar-refractivity contribution < 1.29 is 14.3 Å². The number of methoxy groups -OCH3 is 2. The standard InChI is InChI=1S/C28H27N3O3/c1-19-10-12-20(13-11-19)27-25-9-6-16-30(25)24-8-5-4-7-21(24)18-31(27)28(32)29-23-17-22(33-2)14-15-26(23)34-3/h4-17,27H,18H2,1-3H3,(H,29,32)/t27-/m1/s1. The lowest BCUT2D eigenvalue weighted by atomic mass is 10.0. The maximum Gasteiger partial charge on any atom is 0.323 e. The van der Waals surface area contributed by atoms with E-state index in [1.54, 1.807) is 32.4 Å². The van der Waals surface area contributed by atoms with E-state index in [4.69, 9.17) is 9.47 Å². The van der Waals surface area contributed by atoms with Crippen LogP contribution in [0.4, 0.5) is 10.5 Å². The number of fused-ring (bicyclic) bond motifs is 3. The number of aryl methyl sites for hydroxylation is 1. The maximum atomic E-state index is 13.9. The van der Waals surface area contributed by atoms with Crippen LogP contribution in [0.3, 0.4) is 0 Å². The third-order valence-corrected chi connectivity index (χ3v) is 6.27. The minimum absolute atomic E-state index is 0.221. The number of amides is 2. The lowest BCUT2D eigenvalue weighted by Crippen LogP contribution is -2.38. The van der Waals surface area contributed by atoms with Gasteiger partial charge in [0.2, 0.25) is 0 Å². The van der Waals surface area contributed by atoms with Gasteiger partial charge in [-0.05, 0) is 48.4 Å². The van der Waals surface area contributed by atoms with Crippen molar-refractivity contribution in [2.45, 2.75) is 19.5 Å². The Bertz CT molecular complexity index is 1330. The minimum Gasteiger partial charge on any atom is -0.497 e. The van der Waals surface area contributed by atoms with Gasteiger partial charge in [0.05, 0.1) is 38.2 Å². The van der Waals surface area contributed by atoms with E-state index in [-0.39, 0.29) is 12.1 Å². The van der Waals surface area contributed by atoms with E-state index < -0.39 is 0 Å². The van der Waals surface area contributed by atoms with Gasteiger partial charge in [0.25, 0.3) is 0 Å². The molecule has 6 nitrogen and oxygen atoms in total. The van der Waals surface area contributed by atoms with E-state index in [2.05, 4.69) is 65.5 Å². The van der Waals surface area contributed by atoms with Gasteiger partial charge in [-0.3, -0.25) is 0 Å². The van der Waals surface area contributed by atoms with Crippen LogP contribution in [0.1, 0.15) is 28.4 Å². The molecule has 6 heteroatoms. The molecule has 0 fully saturated rings. The number of carbonyl (C=O) groups is 1. The number of carbonyl (C=O) groups excluding carboxylic acids is 1. The molecule has 2 amide bonds. The van der Waals surface area contributed by atoms with E-state index in [9.17, 15) is 4.79 Å². The Balaban J connectivity index is 1.62. The van der Waals surface area contributed by atoms with Gasteiger partial charge >= 0.3 is 6.03 Å². The normalized spacial score (nSPS) is 14.6. The minimum atomic E-state index is -0.278. The van der Waals surface area contributed by atoms with Crippen LogP contribution in [0.15, 0.2) is 85.1 Å². The Morgan fingerprint density at radius 3 is 2.50 bits per heavy atom. The average molecular weight is 454 g/mol. The van der Waals surface area contributed by atoms with Crippen LogP contribution in [-0.2, 0) is 6.54 Å². The van der Waals surface area contributed by atoms with Crippen LogP contribution in [0.5, 0.6) is 11.5 Å². The number of anilines is 1. The van der Waals surface area contributed by atoms with Gasteiger partial charge in [-0.25, -0.2) is 4.79 Å². The van der Waals surface area contributed by atoms with Crippen LogP contribution in [0, 0.1) is 6.92 Å². The molecule has 0 aliphatic carbocycles. The van der Waals surface area contributed by atoms with Crippen LogP contribution in [0.2, 0.25) is 0 Å². The van der Waals surface area contributed by atoms with Gasteiger partial charge < -0.3 is 24.3 Å². The quantitative estimate of drug-likeness (QED) is 0.416. The Labute approximate surface area is 199 Å². The van der Waals surface area contributed by atoms with E-state index in [0.717, 1.165) is 22.5 Å². The monoisotopic (exact) mass is 453 g/mol. The Hall–Kier alpha value is -4.19. The van der Waals surface area contributed by atoms with Crippen molar-refractivity contribution in [3.8, 4) is 17.2 Å². The number of nitrogens with zero attached hydrogens (tertiary/aromatic N) is 2. The van der Waals surface area contributed by atoms with Crippen LogP contribution in [0.25, 0.3) is 5.69 Å². The fourth-order valence-electron chi connectivity index (χ4n) is 4.54. The summed E-state index contributed by atoms with van der Waals surface area (Å²) in [7, 11) is 3.18. The molecule has 1 aromatic heterocycles. The number of aromatic nitrogens is 1. The van der Waals surface area contributed by atoms with Crippen molar-refractivity contribution in [2.24, 2.45) is 0 Å². The summed E-state index contributed by atoms with van der Waals surface area (Å²) in [6.45, 7) is 2.52. The second kappa shape index (κ2) is 8.98. The van der Waals surface area contributed by atoms with Crippen LogP contribution < -0.4 is 14.8 Å². The summed E-state index contributed by atoms with van der Waals surface area (Å²) in [5.74, 6) is 1.21. The van der Waals surface area contributed by atoms with Crippen molar-refractivity contribution in [3.05, 3.63) is 107 Å². The molecule has 1 aliphatic heterocycles. The van der Waals surface area contributed by atoms with Crippen molar-refractivity contribution in [3.63, 3.8) is 0 Å². The highest BCUT2D eigenvalue weighted by atomic mass is 16.5. The number of urea groups is 1. The topological polar surface area (TPSA) is 55.7 Å². The fourth-order valence-corrected chi connectivity index (χ4v) is 4.54. The zero-order valence-corrected chi connectivity index (χ0v) is 19.5. The average Bonchev–Trinajstić information content (AvgIpc) is 3.29. The molecule has 1 atom stereocenters. The van der Waals surface area contributed by atoms with Gasteiger partial charge in [-0.2, -0.15) is 0 Å². The Morgan fingerprint density at radius 2 is 1.74 bits per heavy atom. The first kappa shape index (κ1) is 21.6. The fraction of sp³-hybridized carbons (Fsp3) is 0.179. The molecule has 5 rings (SSSR count). The first-order chi connectivity index (χ1) is 16.6. The largest absolute Gasteiger partial charge is 0.497 e. The molecule has 1 N–H and O–H groups in total. The van der Waals surface area contributed by atoms with Gasteiger partial charge in [0.1, 0.15) is 11.5 Å². The number of benzene rings is 3. The number of ether oxygens (including phenoxy) is 2. The summed E-state index contributed by atoms with van der Waals surface area (Å²) in [5.41, 5.74) is 5.96. The maximum absolute atomic E-state index is 13.9. The van der Waals surface area contributed by atoms with Gasteiger partial charge in [0.15, 0.2) is 0 Å². The zero-order chi connectivity index (χ0) is 23.7. The molecule has 34 heavy (non-hydrogen) atoms. The molecular formula is C28H27N3O3. The van der Waals surface area contributed by atoms with E-state index in [1.165, 1.54) is 5.56 Å². The van der Waals surface area contributed by atoms with Crippen molar-refractivity contribution in [1.82, 2.24) is 9.47 Å². The summed E-state index contributed by atoms with van der Waals surface area (Å²) in [4.78, 5) is 15.8. The summed E-state index contributed by atoms with van der Waals surface area (Å²) in [6.07, 6.45) is 2.06. The smallest absolute Gasteiger partial charge is 0.323 e. The highest BCUT2D eigenvalue weighted by Gasteiger charge is 2.33. The van der Waals surface area contributed by atoms with Crippen molar-refractivity contribution >= 4 is 11.7 Å². The number of nitrogens with one attached hydrogen (secondary N) is 1. The molecule has 0 radical (unpaired) electrons. The number of hydrogen-bond donors (Lipinski definition) is 1. The number of para-hydroxylation sites is 1. The highest BCUT2D eigenvalue weighted by molar-refractivity contribution is 5.92. The first-order valence-electron chi connectivity index (χ1n) is 11.2. The lowest BCUT2D eigenvalue weighted by molar-refractivity contribution is 0.194. The molecule has 2 heterocycles. The molecule has 0 saturated carbocycles. The molecular weight excluding hydrogens is 426 g/mol. The predicted octanol–water partition coefficient (Wildman–Crippen LogP) is 5.94. The van der Waals surface area contributed by atoms with Gasteiger partial charge in [-0.15, -0.1) is 0 Å². The first-order valence-corrected chi connectivity index (χ1v) is 11.2. The van der Waals surface area contributed by atoms with Crippen molar-refractivity contribution in [1.29, 1.82) is 0 Å². The molecule has 0 unspecified atom stereocenters. The lowest BCUT2D eigenvalue weighted by Gasteiger charge is -2.31. The summed E-state index contributed by atoms with van der Waals surface area (Å²) in [5, 5.41) is 3.07. The third kappa shape index (κ3) is 3.88. The molecule has 0 bridgehead atoms. The summed E-state index contributed by atoms with van der Waals surface area (Å²) >= 11 is 0. The molecule has 0 saturated heterocycles. The molecule has 1 aliphatic rings. The van der Waals surface area contributed by atoms with E-state index in [0.29, 0.717) is 23.7 Å². The molecule has 0 spiro atoms. The molecule has 172 valence electrons.